The van der Waals surface area contributed by atoms with Gasteiger partial charge in [-0.25, -0.2) is 0 Å². The lowest BCUT2D eigenvalue weighted by atomic mass is 9.87. The van der Waals surface area contributed by atoms with Crippen LogP contribution < -0.4 is 11.1 Å². The zero-order valence-electron chi connectivity index (χ0n) is 8.88. The molecule has 0 aromatic heterocycles. The Morgan fingerprint density at radius 3 is 3.00 bits per heavy atom. The molecule has 0 fully saturated rings. The van der Waals surface area contributed by atoms with Crippen molar-refractivity contribution in [1.82, 2.24) is 0 Å². The number of hydrogen-bond acceptors (Lipinski definition) is 2. The summed E-state index contributed by atoms with van der Waals surface area (Å²) in [7, 11) is 0. The Labute approximate surface area is 85.5 Å². The molecule has 2 atom stereocenters. The third-order valence-corrected chi connectivity index (χ3v) is 3.10. The summed E-state index contributed by atoms with van der Waals surface area (Å²) in [6.45, 7) is 4.51. The minimum Gasteiger partial charge on any atom is -0.399 e. The second-order valence-electron chi connectivity index (χ2n) is 4.23. The average molecular weight is 190 g/mol. The highest BCUT2D eigenvalue weighted by Crippen LogP contribution is 2.35. The van der Waals surface area contributed by atoms with Gasteiger partial charge in [0, 0.05) is 17.4 Å². The van der Waals surface area contributed by atoms with E-state index >= 15 is 0 Å². The van der Waals surface area contributed by atoms with Crippen molar-refractivity contribution in [2.24, 2.45) is 0 Å². The average Bonchev–Trinajstić information content (AvgIpc) is 2.16. The largest absolute Gasteiger partial charge is 0.399 e. The summed E-state index contributed by atoms with van der Waals surface area (Å²) in [6.07, 6.45) is 2.41. The number of nitrogen functional groups attached to an aromatic ring is 1. The molecule has 2 nitrogen and oxygen atoms in total. The van der Waals surface area contributed by atoms with Crippen LogP contribution in [0, 0.1) is 0 Å². The lowest BCUT2D eigenvalue weighted by Crippen LogP contribution is -2.26. The van der Waals surface area contributed by atoms with Gasteiger partial charge < -0.3 is 11.1 Å². The van der Waals surface area contributed by atoms with Crippen LogP contribution in [0.1, 0.15) is 38.2 Å². The Hall–Kier alpha value is -1.18. The molecular formula is C12H18N2. The van der Waals surface area contributed by atoms with E-state index < -0.39 is 0 Å². The summed E-state index contributed by atoms with van der Waals surface area (Å²) in [5.41, 5.74) is 9.26. The zero-order chi connectivity index (χ0) is 10.1. The van der Waals surface area contributed by atoms with Gasteiger partial charge in [-0.2, -0.15) is 0 Å². The van der Waals surface area contributed by atoms with Crippen LogP contribution in [0.2, 0.25) is 0 Å². The summed E-state index contributed by atoms with van der Waals surface area (Å²) in [4.78, 5) is 0. The van der Waals surface area contributed by atoms with Gasteiger partial charge in [-0.15, -0.1) is 0 Å². The second-order valence-corrected chi connectivity index (χ2v) is 4.23. The van der Waals surface area contributed by atoms with E-state index in [0.29, 0.717) is 12.0 Å². The number of rotatable bonds is 1. The van der Waals surface area contributed by atoms with E-state index in [9.17, 15) is 0 Å². The summed E-state index contributed by atoms with van der Waals surface area (Å²) in [5.74, 6) is 0.650. The van der Waals surface area contributed by atoms with Crippen LogP contribution in [0.3, 0.4) is 0 Å². The number of nitrogens with one attached hydrogen (secondary N) is 1. The summed E-state index contributed by atoms with van der Waals surface area (Å²) in [5, 5.41) is 3.54. The molecule has 2 heteroatoms. The molecule has 0 amide bonds. The molecule has 0 saturated heterocycles. The minimum atomic E-state index is 0.610. The smallest absolute Gasteiger partial charge is 0.0398 e. The van der Waals surface area contributed by atoms with Crippen LogP contribution in [0.15, 0.2) is 18.2 Å². The van der Waals surface area contributed by atoms with E-state index in [4.69, 9.17) is 5.73 Å². The van der Waals surface area contributed by atoms with Gasteiger partial charge in [0.2, 0.25) is 0 Å². The normalized spacial score (nSPS) is 25.3. The molecule has 0 aliphatic carbocycles. The molecule has 2 rings (SSSR count). The molecule has 1 aliphatic heterocycles. The van der Waals surface area contributed by atoms with Crippen molar-refractivity contribution in [2.75, 3.05) is 11.1 Å². The van der Waals surface area contributed by atoms with Crippen LogP contribution in [0.25, 0.3) is 0 Å². The first-order valence-electron chi connectivity index (χ1n) is 5.36. The van der Waals surface area contributed by atoms with Crippen LogP contribution in [0.4, 0.5) is 11.4 Å². The fourth-order valence-electron chi connectivity index (χ4n) is 2.23. The van der Waals surface area contributed by atoms with Crippen LogP contribution in [0.5, 0.6) is 0 Å². The standard InChI is InChI=1S/C12H18N2/c1-3-10-6-8(2)11-5-4-9(13)7-12(11)14-10/h4-5,7-8,10,14H,3,6,13H2,1-2H3. The topological polar surface area (TPSA) is 38.0 Å². The molecule has 0 spiro atoms. The quantitative estimate of drug-likeness (QED) is 0.668. The van der Waals surface area contributed by atoms with Gasteiger partial charge in [0.1, 0.15) is 0 Å². The van der Waals surface area contributed by atoms with Crippen LogP contribution >= 0.6 is 0 Å². The Bertz CT molecular complexity index is 333. The van der Waals surface area contributed by atoms with Gasteiger partial charge in [0.15, 0.2) is 0 Å². The van der Waals surface area contributed by atoms with Gasteiger partial charge in [0.05, 0.1) is 0 Å². The lowest BCUT2D eigenvalue weighted by molar-refractivity contribution is 0.547. The second kappa shape index (κ2) is 3.52. The fraction of sp³-hybridized carbons (Fsp3) is 0.500. The van der Waals surface area contributed by atoms with Crippen molar-refractivity contribution in [2.45, 2.75) is 38.6 Å². The third-order valence-electron chi connectivity index (χ3n) is 3.10. The molecule has 0 radical (unpaired) electrons. The van der Waals surface area contributed by atoms with Crippen LogP contribution in [-0.4, -0.2) is 6.04 Å². The molecule has 0 saturated carbocycles. The first-order valence-corrected chi connectivity index (χ1v) is 5.36. The SMILES string of the molecule is CCC1CC(C)c2ccc(N)cc2N1. The highest BCUT2D eigenvalue weighted by Gasteiger charge is 2.21. The highest BCUT2D eigenvalue weighted by atomic mass is 14.9. The predicted molar refractivity (Wildman–Crippen MR) is 61.6 cm³/mol. The van der Waals surface area contributed by atoms with E-state index in [1.54, 1.807) is 0 Å². The third kappa shape index (κ3) is 1.57. The maximum absolute atomic E-state index is 5.77. The van der Waals surface area contributed by atoms with E-state index in [1.165, 1.54) is 24.1 Å². The summed E-state index contributed by atoms with van der Waals surface area (Å²) in [6, 6.07) is 6.80. The van der Waals surface area contributed by atoms with Crippen molar-refractivity contribution < 1.29 is 0 Å². The van der Waals surface area contributed by atoms with Crippen molar-refractivity contribution in [3.8, 4) is 0 Å². The minimum absolute atomic E-state index is 0.610. The summed E-state index contributed by atoms with van der Waals surface area (Å²) < 4.78 is 0. The molecule has 1 aliphatic rings. The molecule has 76 valence electrons. The van der Waals surface area contributed by atoms with Gasteiger partial charge >= 0.3 is 0 Å². The molecule has 1 aromatic carbocycles. The van der Waals surface area contributed by atoms with Crippen molar-refractivity contribution in [1.29, 1.82) is 0 Å². The predicted octanol–water partition coefficient (Wildman–Crippen LogP) is 2.97. The Morgan fingerprint density at radius 1 is 1.50 bits per heavy atom. The van der Waals surface area contributed by atoms with Gasteiger partial charge in [-0.3, -0.25) is 0 Å². The molecule has 1 heterocycles. The van der Waals surface area contributed by atoms with Gasteiger partial charge in [-0.1, -0.05) is 19.9 Å². The summed E-state index contributed by atoms with van der Waals surface area (Å²) >= 11 is 0. The number of fused-ring (bicyclic) bond motifs is 1. The molecule has 2 unspecified atom stereocenters. The number of hydrogen-bond donors (Lipinski definition) is 2. The Kier molecular flexibility index (Phi) is 2.36. The monoisotopic (exact) mass is 190 g/mol. The van der Waals surface area contributed by atoms with Crippen molar-refractivity contribution >= 4 is 11.4 Å². The molecule has 1 aromatic rings. The maximum Gasteiger partial charge on any atom is 0.0398 e. The van der Waals surface area contributed by atoms with Gasteiger partial charge in [-0.05, 0) is 36.5 Å². The number of benzene rings is 1. The van der Waals surface area contributed by atoms with E-state index in [0.717, 1.165) is 5.69 Å². The number of nitrogens with two attached hydrogens (primary N) is 1. The number of anilines is 2. The first-order chi connectivity index (χ1) is 6.70. The molecular weight excluding hydrogens is 172 g/mol. The van der Waals surface area contributed by atoms with E-state index in [1.807, 2.05) is 12.1 Å². The zero-order valence-corrected chi connectivity index (χ0v) is 8.88. The molecule has 14 heavy (non-hydrogen) atoms. The van der Waals surface area contributed by atoms with E-state index in [-0.39, 0.29) is 0 Å². The molecule has 0 bridgehead atoms. The fourth-order valence-corrected chi connectivity index (χ4v) is 2.23. The highest BCUT2D eigenvalue weighted by molar-refractivity contribution is 5.62. The van der Waals surface area contributed by atoms with Crippen molar-refractivity contribution in [3.05, 3.63) is 23.8 Å². The lowest BCUT2D eigenvalue weighted by Gasteiger charge is -2.31. The van der Waals surface area contributed by atoms with Crippen LogP contribution in [-0.2, 0) is 0 Å². The maximum atomic E-state index is 5.77. The Balaban J connectivity index is 2.35. The Morgan fingerprint density at radius 2 is 2.29 bits per heavy atom. The van der Waals surface area contributed by atoms with E-state index in [2.05, 4.69) is 25.2 Å². The van der Waals surface area contributed by atoms with Gasteiger partial charge in [0.25, 0.3) is 0 Å². The first kappa shape index (κ1) is 9.38. The molecule has 3 N–H and O–H groups in total. The van der Waals surface area contributed by atoms with Crippen molar-refractivity contribution in [3.63, 3.8) is 0 Å².